The van der Waals surface area contributed by atoms with E-state index in [0.717, 1.165) is 18.8 Å². The van der Waals surface area contributed by atoms with Crippen LogP contribution in [-0.4, -0.2) is 69.9 Å². The van der Waals surface area contributed by atoms with E-state index in [2.05, 4.69) is 17.0 Å². The number of carbonyl (C=O) groups excluding carboxylic acids is 1. The summed E-state index contributed by atoms with van der Waals surface area (Å²) in [6.45, 7) is 3.43. The van der Waals surface area contributed by atoms with Gasteiger partial charge in [-0.25, -0.2) is 8.42 Å². The number of rotatable bonds is 5. The highest BCUT2D eigenvalue weighted by Gasteiger charge is 2.36. The van der Waals surface area contributed by atoms with Crippen LogP contribution in [0, 0.1) is 5.92 Å². The Morgan fingerprint density at radius 1 is 1.03 bits per heavy atom. The maximum atomic E-state index is 13.2. The fraction of sp³-hybridized carbons (Fsp3) is 0.435. The number of hydrogen-bond acceptors (Lipinski definition) is 5. The van der Waals surface area contributed by atoms with Gasteiger partial charge in [0.2, 0.25) is 15.9 Å². The molecule has 0 bridgehead atoms. The summed E-state index contributed by atoms with van der Waals surface area (Å²) in [5.41, 5.74) is 1.16. The second-order valence-electron chi connectivity index (χ2n) is 8.15. The molecule has 2 aliphatic heterocycles. The largest absolute Gasteiger partial charge is 0.495 e. The number of benzene rings is 2. The molecular weight excluding hydrogens is 450 g/mol. The van der Waals surface area contributed by atoms with Gasteiger partial charge in [-0.3, -0.25) is 4.79 Å². The summed E-state index contributed by atoms with van der Waals surface area (Å²) in [5.74, 6) is 0.146. The van der Waals surface area contributed by atoms with Gasteiger partial charge in [0, 0.05) is 45.0 Å². The van der Waals surface area contributed by atoms with Gasteiger partial charge < -0.3 is 14.5 Å². The zero-order chi connectivity index (χ0) is 22.7. The van der Waals surface area contributed by atoms with E-state index in [1.165, 1.54) is 23.5 Å². The van der Waals surface area contributed by atoms with Crippen molar-refractivity contribution in [1.82, 2.24) is 9.21 Å². The Hall–Kier alpha value is -2.29. The van der Waals surface area contributed by atoms with E-state index in [-0.39, 0.29) is 28.3 Å². The van der Waals surface area contributed by atoms with Crippen molar-refractivity contribution in [3.8, 4) is 5.75 Å². The van der Waals surface area contributed by atoms with Crippen LogP contribution in [-0.2, 0) is 14.8 Å². The number of nitrogens with zero attached hydrogens (tertiary/aromatic N) is 3. The average Bonchev–Trinajstić information content (AvgIpc) is 2.84. The summed E-state index contributed by atoms with van der Waals surface area (Å²) in [7, 11) is -2.26. The number of piperazine rings is 1. The standard InChI is InChI=1S/C23H28ClN3O4S/c1-31-22-10-9-20(16-21(22)24)32(29,30)27-11-5-6-18(17-27)23(28)26-14-12-25(13-15-26)19-7-3-2-4-8-19/h2-4,7-10,16,18H,5-6,11-15,17H2,1H3/t18-/m0/s1. The molecule has 32 heavy (non-hydrogen) atoms. The Morgan fingerprint density at radius 2 is 1.75 bits per heavy atom. The van der Waals surface area contributed by atoms with Gasteiger partial charge in [0.1, 0.15) is 5.75 Å². The second kappa shape index (κ2) is 9.68. The summed E-state index contributed by atoms with van der Waals surface area (Å²) in [6.07, 6.45) is 1.36. The molecule has 4 rings (SSSR count). The fourth-order valence-corrected chi connectivity index (χ4v) is 6.27. The smallest absolute Gasteiger partial charge is 0.243 e. The number of para-hydroxylation sites is 1. The monoisotopic (exact) mass is 477 g/mol. The van der Waals surface area contributed by atoms with Gasteiger partial charge >= 0.3 is 0 Å². The summed E-state index contributed by atoms with van der Waals surface area (Å²) >= 11 is 6.14. The number of hydrogen-bond donors (Lipinski definition) is 0. The van der Waals surface area contributed by atoms with E-state index in [1.54, 1.807) is 6.07 Å². The molecule has 0 saturated carbocycles. The van der Waals surface area contributed by atoms with Crippen LogP contribution in [0.25, 0.3) is 0 Å². The summed E-state index contributed by atoms with van der Waals surface area (Å²) in [5, 5.41) is 0.245. The van der Waals surface area contributed by atoms with E-state index in [9.17, 15) is 13.2 Å². The normalized spacial score (nSPS) is 20.2. The van der Waals surface area contributed by atoms with E-state index in [1.807, 2.05) is 23.1 Å². The number of amides is 1. The lowest BCUT2D eigenvalue weighted by Crippen LogP contribution is -2.53. The number of sulfonamides is 1. The Bertz CT molecular complexity index is 1060. The van der Waals surface area contributed by atoms with Gasteiger partial charge in [-0.2, -0.15) is 4.31 Å². The molecule has 2 heterocycles. The predicted molar refractivity (Wildman–Crippen MR) is 125 cm³/mol. The molecule has 2 aromatic rings. The van der Waals surface area contributed by atoms with Gasteiger partial charge in [-0.05, 0) is 43.2 Å². The molecule has 9 heteroatoms. The number of anilines is 1. The topological polar surface area (TPSA) is 70.2 Å². The maximum Gasteiger partial charge on any atom is 0.243 e. The van der Waals surface area contributed by atoms with Crippen molar-refractivity contribution in [2.45, 2.75) is 17.7 Å². The van der Waals surface area contributed by atoms with E-state index >= 15 is 0 Å². The maximum absolute atomic E-state index is 13.2. The Labute approximate surface area is 194 Å². The van der Waals surface area contributed by atoms with Gasteiger partial charge in [0.05, 0.1) is 22.9 Å². The molecule has 0 radical (unpaired) electrons. The molecule has 0 N–H and O–H groups in total. The molecule has 0 spiro atoms. The lowest BCUT2D eigenvalue weighted by atomic mass is 9.97. The predicted octanol–water partition coefficient (Wildman–Crippen LogP) is 3.10. The van der Waals surface area contributed by atoms with Crippen molar-refractivity contribution in [1.29, 1.82) is 0 Å². The van der Waals surface area contributed by atoms with Gasteiger partial charge in [0.25, 0.3) is 0 Å². The molecule has 0 aromatic heterocycles. The van der Waals surface area contributed by atoms with Crippen LogP contribution in [0.4, 0.5) is 5.69 Å². The molecule has 7 nitrogen and oxygen atoms in total. The number of piperidine rings is 1. The lowest BCUT2D eigenvalue weighted by molar-refractivity contribution is -0.137. The lowest BCUT2D eigenvalue weighted by Gasteiger charge is -2.39. The number of ether oxygens (including phenoxy) is 1. The van der Waals surface area contributed by atoms with Gasteiger partial charge in [-0.1, -0.05) is 29.8 Å². The summed E-state index contributed by atoms with van der Waals surface area (Å²) in [4.78, 5) is 17.5. The molecule has 0 unspecified atom stereocenters. The summed E-state index contributed by atoms with van der Waals surface area (Å²) in [6, 6.07) is 14.6. The first-order chi connectivity index (χ1) is 15.4. The van der Waals surface area contributed by atoms with Crippen LogP contribution >= 0.6 is 11.6 Å². The Kier molecular flexibility index (Phi) is 6.93. The molecule has 2 saturated heterocycles. The number of carbonyl (C=O) groups is 1. The van der Waals surface area contributed by atoms with E-state index in [4.69, 9.17) is 16.3 Å². The second-order valence-corrected chi connectivity index (χ2v) is 10.5. The molecule has 2 fully saturated rings. The molecule has 0 aliphatic carbocycles. The van der Waals surface area contributed by atoms with Gasteiger partial charge in [-0.15, -0.1) is 0 Å². The zero-order valence-electron chi connectivity index (χ0n) is 18.1. The molecule has 2 aromatic carbocycles. The van der Waals surface area contributed by atoms with Crippen LogP contribution in [0.2, 0.25) is 5.02 Å². The van der Waals surface area contributed by atoms with Crippen LogP contribution in [0.1, 0.15) is 12.8 Å². The zero-order valence-corrected chi connectivity index (χ0v) is 19.7. The highest BCUT2D eigenvalue weighted by atomic mass is 35.5. The van der Waals surface area contributed by atoms with Crippen LogP contribution in [0.15, 0.2) is 53.4 Å². The van der Waals surface area contributed by atoms with Crippen LogP contribution < -0.4 is 9.64 Å². The average molecular weight is 478 g/mol. The Morgan fingerprint density at radius 3 is 2.41 bits per heavy atom. The third kappa shape index (κ3) is 4.72. The molecule has 1 amide bonds. The van der Waals surface area contributed by atoms with Crippen molar-refractivity contribution in [2.75, 3.05) is 51.3 Å². The third-order valence-corrected chi connectivity index (χ3v) is 8.36. The number of halogens is 1. The van der Waals surface area contributed by atoms with Crippen molar-refractivity contribution in [3.05, 3.63) is 53.6 Å². The van der Waals surface area contributed by atoms with Crippen LogP contribution in [0.5, 0.6) is 5.75 Å². The first-order valence-corrected chi connectivity index (χ1v) is 12.6. The first kappa shape index (κ1) is 22.9. The van der Waals surface area contributed by atoms with E-state index in [0.29, 0.717) is 38.2 Å². The molecule has 172 valence electrons. The fourth-order valence-electron chi connectivity index (χ4n) is 4.40. The quantitative estimate of drug-likeness (QED) is 0.661. The first-order valence-electron chi connectivity index (χ1n) is 10.8. The minimum Gasteiger partial charge on any atom is -0.495 e. The van der Waals surface area contributed by atoms with Gasteiger partial charge in [0.15, 0.2) is 0 Å². The minimum atomic E-state index is -3.74. The highest BCUT2D eigenvalue weighted by molar-refractivity contribution is 7.89. The SMILES string of the molecule is COc1ccc(S(=O)(=O)N2CCC[C@H](C(=O)N3CCN(c4ccccc4)CC3)C2)cc1Cl. The van der Waals surface area contributed by atoms with Crippen molar-refractivity contribution < 1.29 is 17.9 Å². The third-order valence-electron chi connectivity index (χ3n) is 6.21. The highest BCUT2D eigenvalue weighted by Crippen LogP contribution is 2.30. The van der Waals surface area contributed by atoms with Crippen LogP contribution in [0.3, 0.4) is 0 Å². The molecule has 1 atom stereocenters. The van der Waals surface area contributed by atoms with E-state index < -0.39 is 10.0 Å². The van der Waals surface area contributed by atoms with Crippen molar-refractivity contribution >= 4 is 33.2 Å². The minimum absolute atomic E-state index is 0.0466. The summed E-state index contributed by atoms with van der Waals surface area (Å²) < 4.78 is 32.9. The van der Waals surface area contributed by atoms with Crippen molar-refractivity contribution in [2.24, 2.45) is 5.92 Å². The molecule has 2 aliphatic rings. The Balaban J connectivity index is 1.40. The number of methoxy groups -OCH3 is 1. The molecular formula is C23H28ClN3O4S. The van der Waals surface area contributed by atoms with Crippen molar-refractivity contribution in [3.63, 3.8) is 0 Å².